The van der Waals surface area contributed by atoms with Crippen LogP contribution in [0, 0.1) is 5.41 Å². The number of amides is 1. The number of rotatable bonds is 5. The summed E-state index contributed by atoms with van der Waals surface area (Å²) >= 11 is 0. The van der Waals surface area contributed by atoms with Crippen LogP contribution in [0.25, 0.3) is 10.9 Å². The van der Waals surface area contributed by atoms with Gasteiger partial charge < -0.3 is 11.1 Å². The molecular weight excluding hydrogens is 250 g/mol. The van der Waals surface area contributed by atoms with Crippen molar-refractivity contribution in [3.05, 3.63) is 36.0 Å². The molecule has 3 N–H and O–H groups in total. The van der Waals surface area contributed by atoms with E-state index in [1.165, 1.54) is 0 Å². The van der Waals surface area contributed by atoms with Crippen molar-refractivity contribution < 1.29 is 4.79 Å². The number of nitrogens with zero attached hydrogens (tertiary/aromatic N) is 1. The van der Waals surface area contributed by atoms with Gasteiger partial charge >= 0.3 is 0 Å². The molecule has 1 heterocycles. The number of hydrogen-bond acceptors (Lipinski definition) is 3. The molecule has 20 heavy (non-hydrogen) atoms. The number of aryl methyl sites for hydroxylation is 1. The molecule has 1 amide bonds. The Balaban J connectivity index is 2.36. The summed E-state index contributed by atoms with van der Waals surface area (Å²) in [5.41, 5.74) is 7.82. The first kappa shape index (κ1) is 14.3. The van der Waals surface area contributed by atoms with Gasteiger partial charge in [0.1, 0.15) is 0 Å². The lowest BCUT2D eigenvalue weighted by molar-refractivity contribution is -0.125. The van der Waals surface area contributed by atoms with E-state index in [1.54, 1.807) is 0 Å². The van der Waals surface area contributed by atoms with Crippen LogP contribution in [0.4, 0.5) is 5.69 Å². The molecule has 2 rings (SSSR count). The molecule has 0 spiro atoms. The fourth-order valence-electron chi connectivity index (χ4n) is 1.96. The number of carbonyl (C=O) groups excluding carboxylic acids is 1. The molecule has 106 valence electrons. The van der Waals surface area contributed by atoms with Crippen molar-refractivity contribution in [3.8, 4) is 0 Å². The highest BCUT2D eigenvalue weighted by molar-refractivity contribution is 5.91. The number of primary amides is 1. The quantitative estimate of drug-likeness (QED) is 0.878. The summed E-state index contributed by atoms with van der Waals surface area (Å²) < 4.78 is 0. The van der Waals surface area contributed by atoms with E-state index in [0.29, 0.717) is 6.54 Å². The van der Waals surface area contributed by atoms with E-state index in [9.17, 15) is 4.79 Å². The first-order valence-electron chi connectivity index (χ1n) is 6.86. The summed E-state index contributed by atoms with van der Waals surface area (Å²) in [4.78, 5) is 16.0. The highest BCUT2D eigenvalue weighted by Gasteiger charge is 2.24. The van der Waals surface area contributed by atoms with Gasteiger partial charge in [-0.25, -0.2) is 0 Å². The predicted molar refractivity (Wildman–Crippen MR) is 82.6 cm³/mol. The average molecular weight is 271 g/mol. The number of para-hydroxylation sites is 1. The Hall–Kier alpha value is -2.10. The summed E-state index contributed by atoms with van der Waals surface area (Å²) in [6, 6.07) is 10.0. The SMILES string of the molecule is CCc1cc(NCC(C)(C)C(N)=O)c2ccccc2n1. The molecule has 0 aliphatic carbocycles. The van der Waals surface area contributed by atoms with Gasteiger partial charge in [0.05, 0.1) is 10.9 Å². The Morgan fingerprint density at radius 3 is 2.70 bits per heavy atom. The van der Waals surface area contributed by atoms with E-state index < -0.39 is 5.41 Å². The van der Waals surface area contributed by atoms with Gasteiger partial charge in [-0.15, -0.1) is 0 Å². The lowest BCUT2D eigenvalue weighted by Crippen LogP contribution is -2.37. The molecule has 4 nitrogen and oxygen atoms in total. The minimum atomic E-state index is -0.587. The van der Waals surface area contributed by atoms with Gasteiger partial charge in [0.25, 0.3) is 0 Å². The number of anilines is 1. The third kappa shape index (κ3) is 2.90. The van der Waals surface area contributed by atoms with Gasteiger partial charge in [0.2, 0.25) is 5.91 Å². The van der Waals surface area contributed by atoms with Crippen molar-refractivity contribution in [2.24, 2.45) is 11.1 Å². The first-order valence-corrected chi connectivity index (χ1v) is 6.86. The lowest BCUT2D eigenvalue weighted by Gasteiger charge is -2.22. The molecule has 0 radical (unpaired) electrons. The van der Waals surface area contributed by atoms with Gasteiger partial charge in [-0.1, -0.05) is 25.1 Å². The number of hydrogen-bond donors (Lipinski definition) is 2. The standard InChI is InChI=1S/C16H21N3O/c1-4-11-9-14(18-10-16(2,3)15(17)20)12-7-5-6-8-13(12)19-11/h5-9H,4,10H2,1-3H3,(H2,17,20)(H,18,19). The maximum absolute atomic E-state index is 11.4. The molecular formula is C16H21N3O. The number of nitrogens with two attached hydrogens (primary N) is 1. The van der Waals surface area contributed by atoms with E-state index >= 15 is 0 Å². The highest BCUT2D eigenvalue weighted by Crippen LogP contribution is 2.25. The van der Waals surface area contributed by atoms with Gasteiger partial charge in [0, 0.05) is 23.3 Å². The summed E-state index contributed by atoms with van der Waals surface area (Å²) in [5.74, 6) is -0.306. The Labute approximate surface area is 119 Å². The van der Waals surface area contributed by atoms with E-state index in [2.05, 4.69) is 17.2 Å². The smallest absolute Gasteiger partial charge is 0.224 e. The topological polar surface area (TPSA) is 68.0 Å². The monoisotopic (exact) mass is 271 g/mol. The van der Waals surface area contributed by atoms with Crippen LogP contribution in [-0.2, 0) is 11.2 Å². The maximum Gasteiger partial charge on any atom is 0.224 e. The summed E-state index contributed by atoms with van der Waals surface area (Å²) in [5, 5.41) is 4.40. The average Bonchev–Trinajstić information content (AvgIpc) is 2.44. The van der Waals surface area contributed by atoms with Crippen LogP contribution in [0.5, 0.6) is 0 Å². The van der Waals surface area contributed by atoms with Gasteiger partial charge in [-0.3, -0.25) is 9.78 Å². The second kappa shape index (κ2) is 5.49. The normalized spacial score (nSPS) is 11.6. The van der Waals surface area contributed by atoms with Crippen molar-refractivity contribution in [3.63, 3.8) is 0 Å². The molecule has 0 aliphatic heterocycles. The highest BCUT2D eigenvalue weighted by atomic mass is 16.1. The zero-order valence-corrected chi connectivity index (χ0v) is 12.2. The summed E-state index contributed by atoms with van der Waals surface area (Å²) in [6.07, 6.45) is 0.874. The molecule has 0 fully saturated rings. The molecule has 0 bridgehead atoms. The van der Waals surface area contributed by atoms with Crippen molar-refractivity contribution in [1.82, 2.24) is 4.98 Å². The molecule has 0 aliphatic rings. The Morgan fingerprint density at radius 1 is 1.35 bits per heavy atom. The van der Waals surface area contributed by atoms with Gasteiger partial charge in [0.15, 0.2) is 0 Å². The molecule has 0 saturated heterocycles. The molecule has 2 aromatic rings. The Bertz CT molecular complexity index is 635. The van der Waals surface area contributed by atoms with Crippen molar-refractivity contribution >= 4 is 22.5 Å². The fraction of sp³-hybridized carbons (Fsp3) is 0.375. The Morgan fingerprint density at radius 2 is 2.05 bits per heavy atom. The van der Waals surface area contributed by atoms with Crippen LogP contribution in [-0.4, -0.2) is 17.4 Å². The van der Waals surface area contributed by atoms with Crippen LogP contribution < -0.4 is 11.1 Å². The molecule has 0 atom stereocenters. The minimum Gasteiger partial charge on any atom is -0.383 e. The largest absolute Gasteiger partial charge is 0.383 e. The molecule has 0 unspecified atom stereocenters. The second-order valence-corrected chi connectivity index (χ2v) is 5.63. The number of aromatic nitrogens is 1. The number of carbonyl (C=O) groups is 1. The van der Waals surface area contributed by atoms with Crippen molar-refractivity contribution in [1.29, 1.82) is 0 Å². The summed E-state index contributed by atoms with van der Waals surface area (Å²) in [7, 11) is 0. The van der Waals surface area contributed by atoms with Crippen LogP contribution >= 0.6 is 0 Å². The van der Waals surface area contributed by atoms with Gasteiger partial charge in [-0.2, -0.15) is 0 Å². The minimum absolute atomic E-state index is 0.306. The van der Waals surface area contributed by atoms with Crippen molar-refractivity contribution in [2.45, 2.75) is 27.2 Å². The molecule has 0 saturated carbocycles. The van der Waals surface area contributed by atoms with Crippen LogP contribution in [0.2, 0.25) is 0 Å². The van der Waals surface area contributed by atoms with Crippen LogP contribution in [0.1, 0.15) is 26.5 Å². The van der Waals surface area contributed by atoms with Crippen LogP contribution in [0.15, 0.2) is 30.3 Å². The van der Waals surface area contributed by atoms with E-state index in [4.69, 9.17) is 5.73 Å². The number of fused-ring (bicyclic) bond motifs is 1. The number of nitrogens with one attached hydrogen (secondary N) is 1. The van der Waals surface area contributed by atoms with E-state index in [1.807, 2.05) is 44.2 Å². The van der Waals surface area contributed by atoms with E-state index in [0.717, 1.165) is 28.7 Å². The first-order chi connectivity index (χ1) is 9.44. The molecule has 4 heteroatoms. The zero-order valence-electron chi connectivity index (χ0n) is 12.2. The van der Waals surface area contributed by atoms with Crippen LogP contribution in [0.3, 0.4) is 0 Å². The maximum atomic E-state index is 11.4. The zero-order chi connectivity index (χ0) is 14.8. The second-order valence-electron chi connectivity index (χ2n) is 5.63. The van der Waals surface area contributed by atoms with E-state index in [-0.39, 0.29) is 5.91 Å². The number of benzene rings is 1. The molecule has 1 aromatic carbocycles. The predicted octanol–water partition coefficient (Wildman–Crippen LogP) is 2.72. The number of pyridine rings is 1. The fourth-order valence-corrected chi connectivity index (χ4v) is 1.96. The summed E-state index contributed by atoms with van der Waals surface area (Å²) in [6.45, 7) is 6.26. The van der Waals surface area contributed by atoms with Gasteiger partial charge in [-0.05, 0) is 32.4 Å². The third-order valence-electron chi connectivity index (χ3n) is 3.52. The Kier molecular flexibility index (Phi) is 3.93. The lowest BCUT2D eigenvalue weighted by atomic mass is 9.92. The van der Waals surface area contributed by atoms with Crippen molar-refractivity contribution in [2.75, 3.05) is 11.9 Å². The third-order valence-corrected chi connectivity index (χ3v) is 3.52. The molecule has 1 aromatic heterocycles.